The van der Waals surface area contributed by atoms with Gasteiger partial charge in [-0.25, -0.2) is 0 Å². The zero-order chi connectivity index (χ0) is 15.6. The fraction of sp³-hybridized carbons (Fsp3) is 0.857. The molecule has 6 heteroatoms. The van der Waals surface area contributed by atoms with E-state index in [0.29, 0.717) is 12.8 Å². The molecule has 0 spiro atoms. The number of unbranched alkanes of at least 4 members (excludes halogenated alkanes) is 6. The van der Waals surface area contributed by atoms with Gasteiger partial charge in [0.2, 0.25) is 0 Å². The first-order valence-electron chi connectivity index (χ1n) is 7.20. The van der Waals surface area contributed by atoms with Gasteiger partial charge in [-0.2, -0.15) is 0 Å². The Balaban J connectivity index is 0. The predicted octanol–water partition coefficient (Wildman–Crippen LogP) is 2.03. The van der Waals surface area contributed by atoms with Gasteiger partial charge >= 0.3 is 11.9 Å². The standard InChI is InChI=1S/C8H16O3.C6H12O3/c9-7-5-3-1-2-4-6-8(10)11;7-5-3-1-2-4-6(8)9/h9H,1-7H2,(H,10,11);7H,1-5H2,(H,8,9). The summed E-state index contributed by atoms with van der Waals surface area (Å²) < 4.78 is 0. The van der Waals surface area contributed by atoms with Gasteiger partial charge in [-0.15, -0.1) is 0 Å². The summed E-state index contributed by atoms with van der Waals surface area (Å²) in [4.78, 5) is 19.9. The zero-order valence-corrected chi connectivity index (χ0v) is 12.1. The highest BCUT2D eigenvalue weighted by molar-refractivity contribution is 5.66. The fourth-order valence-electron chi connectivity index (χ4n) is 1.48. The smallest absolute Gasteiger partial charge is 0.303 e. The van der Waals surface area contributed by atoms with Crippen molar-refractivity contribution >= 4 is 11.9 Å². The SMILES string of the molecule is O=C(O)CCCCCCCO.O=C(O)CCCCCO. The molecule has 0 rings (SSSR count). The summed E-state index contributed by atoms with van der Waals surface area (Å²) in [5, 5.41) is 33.1. The van der Waals surface area contributed by atoms with Gasteiger partial charge in [0.25, 0.3) is 0 Å². The Labute approximate surface area is 120 Å². The lowest BCUT2D eigenvalue weighted by molar-refractivity contribution is -0.138. The number of carbonyl (C=O) groups is 2. The van der Waals surface area contributed by atoms with Crippen LogP contribution in [-0.2, 0) is 9.59 Å². The molecule has 0 atom stereocenters. The van der Waals surface area contributed by atoms with Crippen LogP contribution < -0.4 is 0 Å². The Morgan fingerprint density at radius 3 is 1.20 bits per heavy atom. The quantitative estimate of drug-likeness (QED) is 0.409. The lowest BCUT2D eigenvalue weighted by atomic mass is 10.1. The fourth-order valence-corrected chi connectivity index (χ4v) is 1.48. The van der Waals surface area contributed by atoms with Crippen LogP contribution in [0.2, 0.25) is 0 Å². The van der Waals surface area contributed by atoms with Crippen molar-refractivity contribution in [1.82, 2.24) is 0 Å². The van der Waals surface area contributed by atoms with E-state index in [2.05, 4.69) is 0 Å². The molecule has 0 heterocycles. The number of aliphatic hydroxyl groups excluding tert-OH is 2. The second-order valence-corrected chi connectivity index (χ2v) is 4.56. The second-order valence-electron chi connectivity index (χ2n) is 4.56. The molecular formula is C14H28O6. The van der Waals surface area contributed by atoms with Crippen LogP contribution in [0.4, 0.5) is 0 Å². The molecular weight excluding hydrogens is 264 g/mol. The highest BCUT2D eigenvalue weighted by Crippen LogP contribution is 2.04. The van der Waals surface area contributed by atoms with Crippen molar-refractivity contribution in [3.05, 3.63) is 0 Å². The van der Waals surface area contributed by atoms with E-state index in [1.807, 2.05) is 0 Å². The van der Waals surface area contributed by atoms with Crippen molar-refractivity contribution < 1.29 is 30.0 Å². The van der Waals surface area contributed by atoms with Crippen LogP contribution in [0.1, 0.15) is 64.2 Å². The monoisotopic (exact) mass is 292 g/mol. The number of aliphatic carboxylic acids is 2. The van der Waals surface area contributed by atoms with Crippen molar-refractivity contribution in [3.63, 3.8) is 0 Å². The van der Waals surface area contributed by atoms with E-state index >= 15 is 0 Å². The summed E-state index contributed by atoms with van der Waals surface area (Å²) in [5.74, 6) is -1.47. The molecule has 0 fully saturated rings. The van der Waals surface area contributed by atoms with E-state index in [0.717, 1.165) is 38.5 Å². The normalized spacial score (nSPS) is 9.70. The van der Waals surface area contributed by atoms with Crippen molar-refractivity contribution in [3.8, 4) is 0 Å². The summed E-state index contributed by atoms with van der Waals surface area (Å²) in [6.07, 6.45) is 7.31. The van der Waals surface area contributed by atoms with Crippen LogP contribution in [-0.4, -0.2) is 45.6 Å². The van der Waals surface area contributed by atoms with Gasteiger partial charge < -0.3 is 20.4 Å². The molecule has 0 aliphatic heterocycles. The minimum atomic E-state index is -0.757. The van der Waals surface area contributed by atoms with Crippen molar-refractivity contribution in [2.75, 3.05) is 13.2 Å². The number of hydrogen-bond donors (Lipinski definition) is 4. The van der Waals surface area contributed by atoms with E-state index < -0.39 is 11.9 Å². The predicted molar refractivity (Wildman–Crippen MR) is 75.6 cm³/mol. The molecule has 0 radical (unpaired) electrons. The van der Waals surface area contributed by atoms with Gasteiger partial charge in [0.05, 0.1) is 0 Å². The summed E-state index contributed by atoms with van der Waals surface area (Å²) in [7, 11) is 0. The first-order chi connectivity index (χ1) is 9.54. The summed E-state index contributed by atoms with van der Waals surface area (Å²) in [6.45, 7) is 0.415. The minimum absolute atomic E-state index is 0.166. The topological polar surface area (TPSA) is 115 Å². The van der Waals surface area contributed by atoms with Crippen molar-refractivity contribution in [2.45, 2.75) is 64.2 Å². The van der Waals surface area contributed by atoms with Crippen LogP contribution in [0.15, 0.2) is 0 Å². The third-order valence-corrected chi connectivity index (χ3v) is 2.60. The van der Waals surface area contributed by atoms with E-state index in [4.69, 9.17) is 20.4 Å². The number of hydrogen-bond acceptors (Lipinski definition) is 4. The number of carboxylic acids is 2. The molecule has 0 amide bonds. The molecule has 20 heavy (non-hydrogen) atoms. The van der Waals surface area contributed by atoms with Gasteiger partial charge in [-0.3, -0.25) is 9.59 Å². The Morgan fingerprint density at radius 2 is 0.850 bits per heavy atom. The second kappa shape index (κ2) is 17.9. The summed E-state index contributed by atoms with van der Waals surface area (Å²) in [6, 6.07) is 0. The van der Waals surface area contributed by atoms with E-state index in [9.17, 15) is 9.59 Å². The van der Waals surface area contributed by atoms with Crippen LogP contribution in [0.3, 0.4) is 0 Å². The molecule has 0 unspecified atom stereocenters. The average molecular weight is 292 g/mol. The van der Waals surface area contributed by atoms with Crippen LogP contribution in [0, 0.1) is 0 Å². The Kier molecular flexibility index (Phi) is 18.9. The van der Waals surface area contributed by atoms with E-state index in [1.165, 1.54) is 0 Å². The highest BCUT2D eigenvalue weighted by Gasteiger charge is 1.95. The maximum absolute atomic E-state index is 10.0. The van der Waals surface area contributed by atoms with Gasteiger partial charge in [0.1, 0.15) is 0 Å². The summed E-state index contributed by atoms with van der Waals surface area (Å²) in [5.41, 5.74) is 0. The largest absolute Gasteiger partial charge is 0.481 e. The lowest BCUT2D eigenvalue weighted by Gasteiger charge is -1.96. The molecule has 0 aromatic rings. The molecule has 0 saturated heterocycles. The first kappa shape index (κ1) is 21.2. The van der Waals surface area contributed by atoms with Gasteiger partial charge in [-0.05, 0) is 25.7 Å². The van der Waals surface area contributed by atoms with Gasteiger partial charge in [-0.1, -0.05) is 25.7 Å². The average Bonchev–Trinajstić information content (AvgIpc) is 2.39. The Morgan fingerprint density at radius 1 is 0.550 bits per heavy atom. The minimum Gasteiger partial charge on any atom is -0.481 e. The third-order valence-electron chi connectivity index (χ3n) is 2.60. The molecule has 0 aromatic heterocycles. The molecule has 4 N–H and O–H groups in total. The van der Waals surface area contributed by atoms with Crippen LogP contribution in [0.25, 0.3) is 0 Å². The molecule has 0 aliphatic rings. The molecule has 0 aliphatic carbocycles. The Bertz CT molecular complexity index is 230. The molecule has 0 saturated carbocycles. The maximum Gasteiger partial charge on any atom is 0.303 e. The van der Waals surface area contributed by atoms with Crippen molar-refractivity contribution in [1.29, 1.82) is 0 Å². The molecule has 0 aromatic carbocycles. The van der Waals surface area contributed by atoms with Crippen molar-refractivity contribution in [2.24, 2.45) is 0 Å². The number of rotatable bonds is 12. The number of aliphatic hydroxyl groups is 2. The number of carboxylic acid groups (broad SMARTS) is 2. The van der Waals surface area contributed by atoms with Crippen LogP contribution >= 0.6 is 0 Å². The summed E-state index contributed by atoms with van der Waals surface area (Å²) >= 11 is 0. The van der Waals surface area contributed by atoms with E-state index in [1.54, 1.807) is 0 Å². The third kappa shape index (κ3) is 25.6. The Hall–Kier alpha value is -1.14. The zero-order valence-electron chi connectivity index (χ0n) is 12.1. The van der Waals surface area contributed by atoms with Gasteiger partial charge in [0.15, 0.2) is 0 Å². The highest BCUT2D eigenvalue weighted by atomic mass is 16.4. The van der Waals surface area contributed by atoms with E-state index in [-0.39, 0.29) is 26.1 Å². The van der Waals surface area contributed by atoms with Gasteiger partial charge in [0, 0.05) is 26.1 Å². The molecule has 6 nitrogen and oxygen atoms in total. The lowest BCUT2D eigenvalue weighted by Crippen LogP contribution is -1.94. The molecule has 0 bridgehead atoms. The first-order valence-corrected chi connectivity index (χ1v) is 7.20. The molecule has 120 valence electrons. The van der Waals surface area contributed by atoms with Crippen LogP contribution in [0.5, 0.6) is 0 Å². The maximum atomic E-state index is 10.0.